The molecule has 0 saturated carbocycles. The smallest absolute Gasteiger partial charge is 0.270 e. The predicted molar refractivity (Wildman–Crippen MR) is 87.1 cm³/mol. The van der Waals surface area contributed by atoms with Crippen molar-refractivity contribution in [3.63, 3.8) is 0 Å². The van der Waals surface area contributed by atoms with Crippen molar-refractivity contribution >= 4 is 28.4 Å². The summed E-state index contributed by atoms with van der Waals surface area (Å²) in [7, 11) is 0. The molecule has 116 valence electrons. The molecule has 23 heavy (non-hydrogen) atoms. The van der Waals surface area contributed by atoms with Gasteiger partial charge in [-0.25, -0.2) is 0 Å². The Morgan fingerprint density at radius 3 is 2.70 bits per heavy atom. The van der Waals surface area contributed by atoms with Gasteiger partial charge in [0.05, 0.1) is 16.2 Å². The Hall–Kier alpha value is -3.15. The molecule has 0 aliphatic carbocycles. The van der Waals surface area contributed by atoms with Gasteiger partial charge in [-0.15, -0.1) is 0 Å². The third-order valence-corrected chi connectivity index (χ3v) is 3.49. The second-order valence-electron chi connectivity index (χ2n) is 5.25. The summed E-state index contributed by atoms with van der Waals surface area (Å²) in [6.45, 7) is 3.28. The zero-order valence-corrected chi connectivity index (χ0v) is 12.6. The number of H-pyrrole nitrogens is 1. The van der Waals surface area contributed by atoms with E-state index < -0.39 is 4.92 Å². The summed E-state index contributed by atoms with van der Waals surface area (Å²) in [4.78, 5) is 25.0. The highest BCUT2D eigenvalue weighted by atomic mass is 16.6. The van der Waals surface area contributed by atoms with Crippen LogP contribution < -0.4 is 0 Å². The van der Waals surface area contributed by atoms with Gasteiger partial charge in [-0.05, 0) is 44.2 Å². The maximum absolute atomic E-state index is 11.2. The SMILES string of the molecule is CC(=O)/C=C\c1[nH]c2ccc([N+](=O)[O-])cc2c1-c1ccc(C)o1. The van der Waals surface area contributed by atoms with Gasteiger partial charge in [-0.3, -0.25) is 14.9 Å². The number of carbonyl (C=O) groups is 1. The zero-order chi connectivity index (χ0) is 16.6. The average molecular weight is 310 g/mol. The quantitative estimate of drug-likeness (QED) is 0.443. The second-order valence-corrected chi connectivity index (χ2v) is 5.25. The first kappa shape index (κ1) is 14.8. The van der Waals surface area contributed by atoms with Gasteiger partial charge in [0.1, 0.15) is 11.5 Å². The van der Waals surface area contributed by atoms with E-state index in [1.807, 2.05) is 19.1 Å². The normalized spacial score (nSPS) is 11.4. The van der Waals surface area contributed by atoms with Crippen LogP contribution in [-0.2, 0) is 4.79 Å². The Labute approximate surface area is 131 Å². The lowest BCUT2D eigenvalue weighted by atomic mass is 10.1. The van der Waals surface area contributed by atoms with Gasteiger partial charge in [0.2, 0.25) is 0 Å². The molecular formula is C17H14N2O4. The van der Waals surface area contributed by atoms with Crippen LogP contribution in [0.4, 0.5) is 5.69 Å². The van der Waals surface area contributed by atoms with E-state index >= 15 is 0 Å². The number of aromatic nitrogens is 1. The number of aryl methyl sites for hydroxylation is 1. The van der Waals surface area contributed by atoms with E-state index in [1.54, 1.807) is 12.1 Å². The summed E-state index contributed by atoms with van der Waals surface area (Å²) in [5, 5.41) is 11.7. The molecule has 1 aromatic carbocycles. The molecule has 0 saturated heterocycles. The van der Waals surface area contributed by atoms with Crippen molar-refractivity contribution in [1.82, 2.24) is 4.98 Å². The van der Waals surface area contributed by atoms with E-state index in [0.29, 0.717) is 22.4 Å². The number of nitrogens with one attached hydrogen (secondary N) is 1. The number of benzene rings is 1. The molecule has 0 spiro atoms. The van der Waals surface area contributed by atoms with Gasteiger partial charge in [0, 0.05) is 23.0 Å². The second kappa shape index (κ2) is 5.57. The number of allylic oxidation sites excluding steroid dienone is 1. The molecule has 0 aliphatic heterocycles. The minimum absolute atomic E-state index is 0.00289. The minimum Gasteiger partial charge on any atom is -0.461 e. The number of aromatic amines is 1. The summed E-state index contributed by atoms with van der Waals surface area (Å²) in [6.07, 6.45) is 3.10. The van der Waals surface area contributed by atoms with Gasteiger partial charge >= 0.3 is 0 Å². The molecule has 0 atom stereocenters. The first-order valence-electron chi connectivity index (χ1n) is 7.01. The molecule has 2 heterocycles. The third kappa shape index (κ3) is 2.78. The van der Waals surface area contributed by atoms with E-state index in [9.17, 15) is 14.9 Å². The van der Waals surface area contributed by atoms with Crippen LogP contribution in [0.3, 0.4) is 0 Å². The maximum atomic E-state index is 11.2. The number of hydrogen-bond donors (Lipinski definition) is 1. The van der Waals surface area contributed by atoms with E-state index in [4.69, 9.17) is 4.42 Å². The van der Waals surface area contributed by atoms with Crippen LogP contribution in [0.15, 0.2) is 40.8 Å². The molecule has 3 aromatic rings. The Morgan fingerprint density at radius 1 is 1.30 bits per heavy atom. The van der Waals surface area contributed by atoms with E-state index in [-0.39, 0.29) is 11.5 Å². The lowest BCUT2D eigenvalue weighted by Crippen LogP contribution is -1.86. The number of nitrogens with zero attached hydrogens (tertiary/aromatic N) is 1. The van der Waals surface area contributed by atoms with Crippen LogP contribution in [-0.4, -0.2) is 15.7 Å². The van der Waals surface area contributed by atoms with Crippen LogP contribution in [0.25, 0.3) is 28.3 Å². The van der Waals surface area contributed by atoms with Crippen molar-refractivity contribution < 1.29 is 14.1 Å². The molecular weight excluding hydrogens is 296 g/mol. The van der Waals surface area contributed by atoms with Gasteiger partial charge in [0.25, 0.3) is 5.69 Å². The van der Waals surface area contributed by atoms with Crippen LogP contribution in [0.1, 0.15) is 18.4 Å². The summed E-state index contributed by atoms with van der Waals surface area (Å²) in [5.41, 5.74) is 2.12. The molecule has 0 amide bonds. The van der Waals surface area contributed by atoms with Crippen LogP contribution >= 0.6 is 0 Å². The Bertz CT molecular complexity index is 947. The number of fused-ring (bicyclic) bond motifs is 1. The number of ketones is 1. The number of furan rings is 1. The van der Waals surface area contributed by atoms with Gasteiger partial charge in [0.15, 0.2) is 5.78 Å². The summed E-state index contributed by atoms with van der Waals surface area (Å²) in [5.74, 6) is 1.25. The summed E-state index contributed by atoms with van der Waals surface area (Å²) in [6, 6.07) is 8.22. The van der Waals surface area contributed by atoms with Crippen molar-refractivity contribution in [2.24, 2.45) is 0 Å². The van der Waals surface area contributed by atoms with Crippen LogP contribution in [0.5, 0.6) is 0 Å². The predicted octanol–water partition coefficient (Wildman–Crippen LogP) is 4.25. The highest BCUT2D eigenvalue weighted by Crippen LogP contribution is 2.36. The fourth-order valence-corrected chi connectivity index (χ4v) is 2.47. The number of non-ortho nitro benzene ring substituents is 1. The molecule has 0 unspecified atom stereocenters. The van der Waals surface area contributed by atoms with E-state index in [0.717, 1.165) is 11.3 Å². The lowest BCUT2D eigenvalue weighted by molar-refractivity contribution is -0.384. The standard InChI is InChI=1S/C17H14N2O4/c1-10(20)3-6-15-17(16-8-4-11(2)23-16)13-9-12(19(21)22)5-7-14(13)18-15/h3-9,18H,1-2H3/b6-3-. The highest BCUT2D eigenvalue weighted by molar-refractivity contribution is 6.01. The fourth-order valence-electron chi connectivity index (χ4n) is 2.47. The molecule has 3 rings (SSSR count). The van der Waals surface area contributed by atoms with Crippen LogP contribution in [0.2, 0.25) is 0 Å². The number of nitro groups is 1. The van der Waals surface area contributed by atoms with Gasteiger partial charge < -0.3 is 9.40 Å². The molecule has 0 radical (unpaired) electrons. The van der Waals surface area contributed by atoms with Gasteiger partial charge in [-0.2, -0.15) is 0 Å². The van der Waals surface area contributed by atoms with E-state index in [1.165, 1.54) is 25.1 Å². The van der Waals surface area contributed by atoms with Crippen LogP contribution in [0, 0.1) is 17.0 Å². The van der Waals surface area contributed by atoms with Crippen molar-refractivity contribution in [3.05, 3.63) is 58.0 Å². The van der Waals surface area contributed by atoms with Crippen molar-refractivity contribution in [2.75, 3.05) is 0 Å². The summed E-state index contributed by atoms with van der Waals surface area (Å²) >= 11 is 0. The monoisotopic (exact) mass is 310 g/mol. The summed E-state index contributed by atoms with van der Waals surface area (Å²) < 4.78 is 5.68. The molecule has 0 aliphatic rings. The first-order valence-corrected chi connectivity index (χ1v) is 7.01. The number of carbonyl (C=O) groups excluding carboxylic acids is 1. The number of rotatable bonds is 4. The number of nitro benzene ring substituents is 1. The van der Waals surface area contributed by atoms with Crippen molar-refractivity contribution in [3.8, 4) is 11.3 Å². The Balaban J connectivity index is 2.29. The third-order valence-electron chi connectivity index (χ3n) is 3.49. The largest absolute Gasteiger partial charge is 0.461 e. The molecule has 0 bridgehead atoms. The van der Waals surface area contributed by atoms with E-state index in [2.05, 4.69) is 4.98 Å². The topological polar surface area (TPSA) is 89.1 Å². The first-order chi connectivity index (χ1) is 11.0. The Kier molecular flexibility index (Phi) is 3.57. The van der Waals surface area contributed by atoms with Gasteiger partial charge in [-0.1, -0.05) is 0 Å². The average Bonchev–Trinajstić information content (AvgIpc) is 3.07. The Morgan fingerprint density at radius 2 is 2.09 bits per heavy atom. The van der Waals surface area contributed by atoms with Crippen molar-refractivity contribution in [2.45, 2.75) is 13.8 Å². The molecule has 1 N–H and O–H groups in total. The molecule has 6 heteroatoms. The lowest BCUT2D eigenvalue weighted by Gasteiger charge is -1.98. The molecule has 2 aromatic heterocycles. The minimum atomic E-state index is -0.436. The zero-order valence-electron chi connectivity index (χ0n) is 12.6. The highest BCUT2D eigenvalue weighted by Gasteiger charge is 2.17. The molecule has 0 fully saturated rings. The fraction of sp³-hybridized carbons (Fsp3) is 0.118. The van der Waals surface area contributed by atoms with Crippen molar-refractivity contribution in [1.29, 1.82) is 0 Å². The number of hydrogen-bond acceptors (Lipinski definition) is 4. The maximum Gasteiger partial charge on any atom is 0.270 e. The molecule has 6 nitrogen and oxygen atoms in total.